The Morgan fingerprint density at radius 2 is 1.96 bits per heavy atom. The molecule has 0 bridgehead atoms. The Kier molecular flexibility index (Phi) is 6.10. The van der Waals surface area contributed by atoms with E-state index in [1.54, 1.807) is 13.0 Å². The molecule has 0 aliphatic heterocycles. The van der Waals surface area contributed by atoms with Gasteiger partial charge in [-0.1, -0.05) is 36.8 Å². The van der Waals surface area contributed by atoms with Crippen LogP contribution in [0.3, 0.4) is 0 Å². The Bertz CT molecular complexity index is 741. The first kappa shape index (κ1) is 18.2. The van der Waals surface area contributed by atoms with E-state index in [2.05, 4.69) is 4.98 Å². The van der Waals surface area contributed by atoms with Crippen LogP contribution in [0.2, 0.25) is 0 Å². The second-order valence-electron chi connectivity index (χ2n) is 6.54. The van der Waals surface area contributed by atoms with Crippen LogP contribution in [0.4, 0.5) is 0 Å². The van der Waals surface area contributed by atoms with Crippen LogP contribution in [0.5, 0.6) is 11.6 Å². The van der Waals surface area contributed by atoms with E-state index in [9.17, 15) is 4.79 Å². The van der Waals surface area contributed by atoms with Gasteiger partial charge in [0, 0.05) is 11.8 Å². The van der Waals surface area contributed by atoms with E-state index in [-0.39, 0.29) is 18.1 Å². The molecule has 0 unspecified atom stereocenters. The summed E-state index contributed by atoms with van der Waals surface area (Å²) in [6, 6.07) is 11.6. The maximum Gasteiger partial charge on any atom is 0.347 e. The molecule has 2 aromatic rings. The average molecular weight is 355 g/mol. The molecule has 1 aromatic carbocycles. The predicted molar refractivity (Wildman–Crippen MR) is 98.5 cm³/mol. The van der Waals surface area contributed by atoms with Crippen molar-refractivity contribution in [3.63, 3.8) is 0 Å². The SMILES string of the molecule is CCOC(=O)c1c(OCC2CCC2)cc(C)nc1OCc1ccccc1. The highest BCUT2D eigenvalue weighted by Crippen LogP contribution is 2.32. The molecule has 0 spiro atoms. The summed E-state index contributed by atoms with van der Waals surface area (Å²) in [6.45, 7) is 4.85. The number of pyridine rings is 1. The molecule has 5 nitrogen and oxygen atoms in total. The van der Waals surface area contributed by atoms with Crippen LogP contribution in [0, 0.1) is 12.8 Å². The van der Waals surface area contributed by atoms with Gasteiger partial charge in [-0.15, -0.1) is 0 Å². The number of ether oxygens (including phenoxy) is 3. The molecule has 1 fully saturated rings. The number of carbonyl (C=O) groups excluding carboxylic acids is 1. The minimum atomic E-state index is -0.466. The quantitative estimate of drug-likeness (QED) is 0.660. The molecule has 1 heterocycles. The lowest BCUT2D eigenvalue weighted by Crippen LogP contribution is -2.21. The molecule has 0 saturated heterocycles. The Balaban J connectivity index is 1.84. The van der Waals surface area contributed by atoms with Gasteiger partial charge in [-0.2, -0.15) is 0 Å². The number of carbonyl (C=O) groups is 1. The third-order valence-corrected chi connectivity index (χ3v) is 4.48. The van der Waals surface area contributed by atoms with Crippen LogP contribution in [0.25, 0.3) is 0 Å². The normalized spacial score (nSPS) is 13.8. The van der Waals surface area contributed by atoms with E-state index in [0.717, 1.165) is 11.3 Å². The fourth-order valence-electron chi connectivity index (χ4n) is 2.82. The monoisotopic (exact) mass is 355 g/mol. The molecule has 1 saturated carbocycles. The van der Waals surface area contributed by atoms with E-state index in [1.165, 1.54) is 19.3 Å². The molecular weight excluding hydrogens is 330 g/mol. The van der Waals surface area contributed by atoms with Crippen molar-refractivity contribution in [3.8, 4) is 11.6 Å². The largest absolute Gasteiger partial charge is 0.492 e. The molecule has 0 atom stereocenters. The van der Waals surface area contributed by atoms with Crippen LogP contribution in [-0.4, -0.2) is 24.2 Å². The Labute approximate surface area is 154 Å². The number of rotatable bonds is 8. The Hall–Kier alpha value is -2.56. The molecule has 1 aliphatic rings. The molecule has 0 amide bonds. The Morgan fingerprint density at radius 3 is 2.62 bits per heavy atom. The summed E-state index contributed by atoms with van der Waals surface area (Å²) in [5, 5.41) is 0. The van der Waals surface area contributed by atoms with Crippen molar-refractivity contribution in [2.75, 3.05) is 13.2 Å². The first-order valence-electron chi connectivity index (χ1n) is 9.15. The standard InChI is InChI=1S/C21H25NO4/c1-3-24-21(23)19-18(25-13-17-10-7-11-17)12-15(2)22-20(19)26-14-16-8-5-4-6-9-16/h4-6,8-9,12,17H,3,7,10-11,13-14H2,1-2H3. The summed E-state index contributed by atoms with van der Waals surface area (Å²) in [4.78, 5) is 16.9. The van der Waals surface area contributed by atoms with Crippen LogP contribution in [0.15, 0.2) is 36.4 Å². The van der Waals surface area contributed by atoms with Gasteiger partial charge in [0.05, 0.1) is 13.2 Å². The van der Waals surface area contributed by atoms with Crippen LogP contribution in [-0.2, 0) is 11.3 Å². The molecular formula is C21H25NO4. The molecule has 0 radical (unpaired) electrons. The molecule has 26 heavy (non-hydrogen) atoms. The minimum Gasteiger partial charge on any atom is -0.492 e. The number of esters is 1. The van der Waals surface area contributed by atoms with Gasteiger partial charge >= 0.3 is 5.97 Å². The number of hydrogen-bond acceptors (Lipinski definition) is 5. The van der Waals surface area contributed by atoms with Gasteiger partial charge in [0.25, 0.3) is 0 Å². The third kappa shape index (κ3) is 4.54. The van der Waals surface area contributed by atoms with Gasteiger partial charge in [-0.25, -0.2) is 9.78 Å². The van der Waals surface area contributed by atoms with Crippen molar-refractivity contribution in [1.82, 2.24) is 4.98 Å². The summed E-state index contributed by atoms with van der Waals surface area (Å²) in [5.41, 5.74) is 2.01. The van der Waals surface area contributed by atoms with Gasteiger partial charge in [0.1, 0.15) is 12.4 Å². The van der Waals surface area contributed by atoms with Crippen molar-refractivity contribution in [2.45, 2.75) is 39.7 Å². The van der Waals surface area contributed by atoms with Crippen LogP contribution in [0.1, 0.15) is 47.8 Å². The summed E-state index contributed by atoms with van der Waals surface area (Å²) < 4.78 is 17.0. The maximum atomic E-state index is 12.5. The zero-order valence-corrected chi connectivity index (χ0v) is 15.4. The second-order valence-corrected chi connectivity index (χ2v) is 6.54. The van der Waals surface area contributed by atoms with Gasteiger partial charge in [0.15, 0.2) is 5.56 Å². The summed E-state index contributed by atoms with van der Waals surface area (Å²) >= 11 is 0. The zero-order chi connectivity index (χ0) is 18.4. The fourth-order valence-corrected chi connectivity index (χ4v) is 2.82. The van der Waals surface area contributed by atoms with Gasteiger partial charge in [0.2, 0.25) is 5.88 Å². The smallest absolute Gasteiger partial charge is 0.347 e. The Morgan fingerprint density at radius 1 is 1.19 bits per heavy atom. The number of aryl methyl sites for hydroxylation is 1. The number of aromatic nitrogens is 1. The minimum absolute atomic E-state index is 0.260. The van der Waals surface area contributed by atoms with Crippen molar-refractivity contribution in [3.05, 3.63) is 53.2 Å². The molecule has 0 N–H and O–H groups in total. The molecule has 3 rings (SSSR count). The van der Waals surface area contributed by atoms with E-state index in [4.69, 9.17) is 14.2 Å². The maximum absolute atomic E-state index is 12.5. The summed E-state index contributed by atoms with van der Waals surface area (Å²) in [5.74, 6) is 0.848. The van der Waals surface area contributed by atoms with E-state index >= 15 is 0 Å². The molecule has 1 aliphatic carbocycles. The van der Waals surface area contributed by atoms with Crippen LogP contribution < -0.4 is 9.47 Å². The van der Waals surface area contributed by atoms with E-state index in [0.29, 0.717) is 24.9 Å². The van der Waals surface area contributed by atoms with Gasteiger partial charge < -0.3 is 14.2 Å². The zero-order valence-electron chi connectivity index (χ0n) is 15.4. The molecule has 138 valence electrons. The summed E-state index contributed by atoms with van der Waals surface area (Å²) in [7, 11) is 0. The van der Waals surface area contributed by atoms with Crippen molar-refractivity contribution >= 4 is 5.97 Å². The fraction of sp³-hybridized carbons (Fsp3) is 0.429. The van der Waals surface area contributed by atoms with Crippen molar-refractivity contribution < 1.29 is 19.0 Å². The lowest BCUT2D eigenvalue weighted by atomic mass is 9.86. The lowest BCUT2D eigenvalue weighted by molar-refractivity contribution is 0.0512. The van der Waals surface area contributed by atoms with Crippen molar-refractivity contribution in [2.24, 2.45) is 5.92 Å². The lowest BCUT2D eigenvalue weighted by Gasteiger charge is -2.25. The number of benzene rings is 1. The van der Waals surface area contributed by atoms with E-state index in [1.807, 2.05) is 37.3 Å². The topological polar surface area (TPSA) is 57.7 Å². The first-order chi connectivity index (χ1) is 12.7. The third-order valence-electron chi connectivity index (χ3n) is 4.48. The average Bonchev–Trinajstić information content (AvgIpc) is 2.59. The van der Waals surface area contributed by atoms with Crippen LogP contribution >= 0.6 is 0 Å². The van der Waals surface area contributed by atoms with Crippen molar-refractivity contribution in [1.29, 1.82) is 0 Å². The predicted octanol–water partition coefficient (Wildman–Crippen LogP) is 4.32. The highest BCUT2D eigenvalue weighted by Gasteiger charge is 2.25. The van der Waals surface area contributed by atoms with Gasteiger partial charge in [-0.05, 0) is 38.2 Å². The van der Waals surface area contributed by atoms with Gasteiger partial charge in [-0.3, -0.25) is 0 Å². The number of hydrogen-bond donors (Lipinski definition) is 0. The summed E-state index contributed by atoms with van der Waals surface area (Å²) in [6.07, 6.45) is 3.60. The first-order valence-corrected chi connectivity index (χ1v) is 9.15. The molecule has 1 aromatic heterocycles. The highest BCUT2D eigenvalue weighted by atomic mass is 16.5. The molecule has 5 heteroatoms. The van der Waals surface area contributed by atoms with E-state index < -0.39 is 5.97 Å². The number of nitrogens with zero attached hydrogens (tertiary/aromatic N) is 1. The highest BCUT2D eigenvalue weighted by molar-refractivity contribution is 5.95. The second kappa shape index (κ2) is 8.70.